The summed E-state index contributed by atoms with van der Waals surface area (Å²) < 4.78 is 5.21. The molecule has 1 aromatic heterocycles. The first-order valence-electron chi connectivity index (χ1n) is 8.30. The van der Waals surface area contributed by atoms with Crippen LogP contribution in [-0.4, -0.2) is 23.9 Å². The number of aryl methyl sites for hydroxylation is 1. The van der Waals surface area contributed by atoms with E-state index in [1.165, 1.54) is 11.3 Å². The normalized spacial score (nSPS) is 10.3. The fraction of sp³-hybridized carbons (Fsp3) is 0.150. The lowest BCUT2D eigenvalue weighted by molar-refractivity contribution is -0.115. The average Bonchev–Trinajstić information content (AvgIpc) is 3.09. The molecule has 0 aliphatic carbocycles. The molecule has 2 N–H and O–H groups in total. The Kier molecular flexibility index (Phi) is 5.83. The van der Waals surface area contributed by atoms with Crippen LogP contribution in [0.2, 0.25) is 0 Å². The maximum atomic E-state index is 12.2. The van der Waals surface area contributed by atoms with Gasteiger partial charge in [0.1, 0.15) is 5.75 Å². The summed E-state index contributed by atoms with van der Waals surface area (Å²) in [5.41, 5.74) is 2.80. The van der Waals surface area contributed by atoms with Crippen molar-refractivity contribution in [2.45, 2.75) is 13.3 Å². The molecule has 0 fully saturated rings. The Morgan fingerprint density at radius 2 is 1.89 bits per heavy atom. The molecule has 0 unspecified atom stereocenters. The minimum Gasteiger partial charge on any atom is -0.496 e. The molecule has 1 heterocycles. The average molecular weight is 381 g/mol. The van der Waals surface area contributed by atoms with Gasteiger partial charge in [0.15, 0.2) is 5.13 Å². The van der Waals surface area contributed by atoms with E-state index >= 15 is 0 Å². The Balaban J connectivity index is 1.58. The van der Waals surface area contributed by atoms with Crippen LogP contribution in [0.25, 0.3) is 0 Å². The van der Waals surface area contributed by atoms with E-state index in [4.69, 9.17) is 4.74 Å². The lowest BCUT2D eigenvalue weighted by Gasteiger charge is -2.08. The highest BCUT2D eigenvalue weighted by Gasteiger charge is 2.11. The molecule has 138 valence electrons. The summed E-state index contributed by atoms with van der Waals surface area (Å²) in [5.74, 6) is 0.367. The zero-order valence-electron chi connectivity index (χ0n) is 15.0. The van der Waals surface area contributed by atoms with Crippen LogP contribution in [0.3, 0.4) is 0 Å². The van der Waals surface area contributed by atoms with Gasteiger partial charge in [-0.15, -0.1) is 11.3 Å². The van der Waals surface area contributed by atoms with Gasteiger partial charge in [-0.1, -0.05) is 18.2 Å². The molecule has 0 aliphatic heterocycles. The van der Waals surface area contributed by atoms with Crippen LogP contribution in [0.5, 0.6) is 5.75 Å². The number of amides is 2. The summed E-state index contributed by atoms with van der Waals surface area (Å²) in [5, 5.41) is 7.81. The molecule has 0 atom stereocenters. The Morgan fingerprint density at radius 1 is 1.11 bits per heavy atom. The second-order valence-electron chi connectivity index (χ2n) is 5.87. The number of hydrogen-bond acceptors (Lipinski definition) is 5. The molecular weight excluding hydrogens is 362 g/mol. The molecule has 7 heteroatoms. The van der Waals surface area contributed by atoms with Crippen molar-refractivity contribution >= 4 is 34.0 Å². The highest BCUT2D eigenvalue weighted by atomic mass is 32.1. The van der Waals surface area contributed by atoms with E-state index in [0.29, 0.717) is 22.1 Å². The van der Waals surface area contributed by atoms with Gasteiger partial charge in [-0.05, 0) is 42.8 Å². The van der Waals surface area contributed by atoms with Gasteiger partial charge in [-0.25, -0.2) is 4.98 Å². The second kappa shape index (κ2) is 8.46. The van der Waals surface area contributed by atoms with Gasteiger partial charge in [-0.2, -0.15) is 0 Å². The van der Waals surface area contributed by atoms with Crippen LogP contribution in [-0.2, 0) is 11.2 Å². The SMILES string of the molecule is COc1ccc(NC(=O)Cc2csc(NC(=O)c3ccccc3)n2)cc1C. The van der Waals surface area contributed by atoms with E-state index in [0.717, 1.165) is 11.3 Å². The lowest BCUT2D eigenvalue weighted by Crippen LogP contribution is -2.15. The van der Waals surface area contributed by atoms with Crippen LogP contribution < -0.4 is 15.4 Å². The van der Waals surface area contributed by atoms with Crippen LogP contribution in [0.1, 0.15) is 21.6 Å². The van der Waals surface area contributed by atoms with E-state index in [1.807, 2.05) is 25.1 Å². The topological polar surface area (TPSA) is 80.3 Å². The monoisotopic (exact) mass is 381 g/mol. The summed E-state index contributed by atoms with van der Waals surface area (Å²) in [6, 6.07) is 14.4. The predicted molar refractivity (Wildman–Crippen MR) is 107 cm³/mol. The van der Waals surface area contributed by atoms with Gasteiger partial charge in [0.05, 0.1) is 19.2 Å². The molecule has 0 saturated carbocycles. The quantitative estimate of drug-likeness (QED) is 0.679. The number of benzene rings is 2. The molecule has 0 saturated heterocycles. The van der Waals surface area contributed by atoms with E-state index < -0.39 is 0 Å². The number of thiazole rings is 1. The summed E-state index contributed by atoms with van der Waals surface area (Å²) in [7, 11) is 1.61. The fourth-order valence-corrected chi connectivity index (χ4v) is 3.24. The van der Waals surface area contributed by atoms with Gasteiger partial charge in [0.25, 0.3) is 5.91 Å². The molecule has 6 nitrogen and oxygen atoms in total. The summed E-state index contributed by atoms with van der Waals surface area (Å²) in [6.45, 7) is 1.91. The van der Waals surface area contributed by atoms with Crippen LogP contribution in [0.15, 0.2) is 53.9 Å². The standard InChI is InChI=1S/C20H19N3O3S/c1-13-10-15(8-9-17(13)26-2)21-18(24)11-16-12-27-20(22-16)23-19(25)14-6-4-3-5-7-14/h3-10,12H,11H2,1-2H3,(H,21,24)(H,22,23,25). The predicted octanol–water partition coefficient (Wildman–Crippen LogP) is 3.89. The Labute approximate surface area is 161 Å². The van der Waals surface area contributed by atoms with Gasteiger partial charge in [0.2, 0.25) is 5.91 Å². The van der Waals surface area contributed by atoms with Crippen molar-refractivity contribution in [3.8, 4) is 5.75 Å². The van der Waals surface area contributed by atoms with E-state index in [-0.39, 0.29) is 18.2 Å². The Morgan fingerprint density at radius 3 is 2.59 bits per heavy atom. The zero-order chi connectivity index (χ0) is 19.2. The van der Waals surface area contributed by atoms with Gasteiger partial charge in [-0.3, -0.25) is 14.9 Å². The first-order chi connectivity index (χ1) is 13.0. The van der Waals surface area contributed by atoms with E-state index in [9.17, 15) is 9.59 Å². The van der Waals surface area contributed by atoms with Crippen molar-refractivity contribution in [2.75, 3.05) is 17.7 Å². The molecule has 27 heavy (non-hydrogen) atoms. The number of hydrogen-bond donors (Lipinski definition) is 2. The van der Waals surface area contributed by atoms with Crippen molar-refractivity contribution in [1.82, 2.24) is 4.98 Å². The molecule has 0 spiro atoms. The maximum Gasteiger partial charge on any atom is 0.257 e. The second-order valence-corrected chi connectivity index (χ2v) is 6.73. The third-order valence-corrected chi connectivity index (χ3v) is 4.64. The first kappa shape index (κ1) is 18.6. The molecular formula is C20H19N3O3S. The van der Waals surface area contributed by atoms with Crippen molar-refractivity contribution in [3.05, 3.63) is 70.7 Å². The zero-order valence-corrected chi connectivity index (χ0v) is 15.8. The largest absolute Gasteiger partial charge is 0.496 e. The third kappa shape index (κ3) is 4.92. The van der Waals surface area contributed by atoms with Crippen molar-refractivity contribution in [2.24, 2.45) is 0 Å². The Hall–Kier alpha value is -3.19. The number of rotatable bonds is 6. The molecule has 3 aromatic rings. The van der Waals surface area contributed by atoms with Gasteiger partial charge >= 0.3 is 0 Å². The van der Waals surface area contributed by atoms with Crippen molar-refractivity contribution < 1.29 is 14.3 Å². The summed E-state index contributed by atoms with van der Waals surface area (Å²) >= 11 is 1.29. The number of aromatic nitrogens is 1. The number of nitrogens with zero attached hydrogens (tertiary/aromatic N) is 1. The van der Waals surface area contributed by atoms with Crippen molar-refractivity contribution in [3.63, 3.8) is 0 Å². The molecule has 0 radical (unpaired) electrons. The fourth-order valence-electron chi connectivity index (χ4n) is 2.53. The first-order valence-corrected chi connectivity index (χ1v) is 9.18. The summed E-state index contributed by atoms with van der Waals surface area (Å²) in [4.78, 5) is 28.7. The molecule has 2 aromatic carbocycles. The number of anilines is 2. The third-order valence-electron chi connectivity index (χ3n) is 3.83. The van der Waals surface area contributed by atoms with Gasteiger partial charge in [0, 0.05) is 16.6 Å². The number of carbonyl (C=O) groups is 2. The number of nitrogens with one attached hydrogen (secondary N) is 2. The minimum atomic E-state index is -0.227. The van der Waals surface area contributed by atoms with Crippen LogP contribution >= 0.6 is 11.3 Å². The van der Waals surface area contributed by atoms with E-state index in [2.05, 4.69) is 15.6 Å². The number of carbonyl (C=O) groups excluding carboxylic acids is 2. The van der Waals surface area contributed by atoms with Gasteiger partial charge < -0.3 is 10.1 Å². The van der Waals surface area contributed by atoms with Crippen LogP contribution in [0, 0.1) is 6.92 Å². The smallest absolute Gasteiger partial charge is 0.257 e. The highest BCUT2D eigenvalue weighted by molar-refractivity contribution is 7.14. The molecule has 3 rings (SSSR count). The number of ether oxygens (including phenoxy) is 1. The molecule has 0 bridgehead atoms. The lowest BCUT2D eigenvalue weighted by atomic mass is 10.2. The number of methoxy groups -OCH3 is 1. The van der Waals surface area contributed by atoms with Crippen molar-refractivity contribution in [1.29, 1.82) is 0 Å². The summed E-state index contributed by atoms with van der Waals surface area (Å²) in [6.07, 6.45) is 0.128. The molecule has 2 amide bonds. The maximum absolute atomic E-state index is 12.2. The van der Waals surface area contributed by atoms with E-state index in [1.54, 1.807) is 42.8 Å². The van der Waals surface area contributed by atoms with Crippen LogP contribution in [0.4, 0.5) is 10.8 Å². The Bertz CT molecular complexity index is 954. The molecule has 0 aliphatic rings. The highest BCUT2D eigenvalue weighted by Crippen LogP contribution is 2.22. The minimum absolute atomic E-state index is 0.128.